The van der Waals surface area contributed by atoms with Crippen molar-refractivity contribution in [2.24, 2.45) is 0 Å². The maximum atomic E-state index is 14.4. The van der Waals surface area contributed by atoms with Gasteiger partial charge in [-0.05, 0) is 54.0 Å². The van der Waals surface area contributed by atoms with Crippen molar-refractivity contribution in [1.29, 1.82) is 0 Å². The summed E-state index contributed by atoms with van der Waals surface area (Å²) in [6.45, 7) is 9.05. The first-order chi connectivity index (χ1) is 23.1. The summed E-state index contributed by atoms with van der Waals surface area (Å²) in [6, 6.07) is 15.8. The van der Waals surface area contributed by atoms with Crippen LogP contribution in [0.2, 0.25) is 10.0 Å². The van der Waals surface area contributed by atoms with Crippen LogP contribution in [-0.4, -0.2) is 40.4 Å². The van der Waals surface area contributed by atoms with Crippen molar-refractivity contribution in [3.8, 4) is 22.6 Å². The number of nitrogens with zero attached hydrogens (tertiary/aromatic N) is 3. The van der Waals surface area contributed by atoms with Gasteiger partial charge in [0.25, 0.3) is 5.56 Å². The highest BCUT2D eigenvalue weighted by atomic mass is 35.5. The maximum Gasteiger partial charge on any atom is 0.260 e. The number of fused-ring (bicyclic) bond motifs is 1. The number of aromatic nitrogens is 3. The van der Waals surface area contributed by atoms with Gasteiger partial charge in [-0.15, -0.1) is 0 Å². The zero-order valence-corrected chi connectivity index (χ0v) is 27.9. The zero-order valence-electron chi connectivity index (χ0n) is 26.4. The number of para-hydroxylation sites is 1. The van der Waals surface area contributed by atoms with E-state index in [0.29, 0.717) is 22.4 Å². The normalized spacial score (nSPS) is 10.8. The number of carbonyl (C=O) groups excluding carboxylic acids is 2. The van der Waals surface area contributed by atoms with Gasteiger partial charge in [-0.25, -0.2) is 4.98 Å². The molecule has 0 atom stereocenters. The standard InChI is InChI=1S/C36H31Cl2N5O5/c1-6-25(44)15-22-10-8-9-20(3)33(22)41-36-39-18-23-16-26(30-31(37)27(47-4)17-28(48-5)32(30)38)35(46)43(34(23)42-36)19-21-11-13-24(14-12-21)40-29(45)7-2/h6-14,16-18H,1-2,15,19H2,3-5H3,(H,40,45)(H,39,41,42). The highest BCUT2D eigenvalue weighted by Gasteiger charge is 2.24. The fraction of sp³-hybridized carbons (Fsp3) is 0.139. The monoisotopic (exact) mass is 683 g/mol. The topological polar surface area (TPSA) is 124 Å². The summed E-state index contributed by atoms with van der Waals surface area (Å²) in [4.78, 5) is 47.8. The molecule has 12 heteroatoms. The lowest BCUT2D eigenvalue weighted by Crippen LogP contribution is -2.24. The molecule has 5 aromatic rings. The quantitative estimate of drug-likeness (QED) is 0.131. The highest BCUT2D eigenvalue weighted by molar-refractivity contribution is 6.41. The second-order valence-corrected chi connectivity index (χ2v) is 11.4. The van der Waals surface area contributed by atoms with Gasteiger partial charge in [-0.2, -0.15) is 4.98 Å². The molecule has 0 unspecified atom stereocenters. The minimum atomic E-state index is -0.441. The van der Waals surface area contributed by atoms with Gasteiger partial charge in [0, 0.05) is 41.0 Å². The Kier molecular flexibility index (Phi) is 10.3. The molecule has 0 aliphatic heterocycles. The van der Waals surface area contributed by atoms with Crippen molar-refractivity contribution < 1.29 is 19.1 Å². The van der Waals surface area contributed by atoms with E-state index in [-0.39, 0.29) is 63.3 Å². The number of ketones is 1. The number of hydrogen-bond donors (Lipinski definition) is 2. The second-order valence-electron chi connectivity index (χ2n) is 10.7. The lowest BCUT2D eigenvalue weighted by atomic mass is 10.0. The number of allylic oxidation sites excluding steroid dienone is 1. The number of anilines is 3. The van der Waals surface area contributed by atoms with E-state index in [4.69, 9.17) is 37.7 Å². The molecule has 0 spiro atoms. The van der Waals surface area contributed by atoms with Crippen LogP contribution in [0.1, 0.15) is 16.7 Å². The van der Waals surface area contributed by atoms with Crippen molar-refractivity contribution in [1.82, 2.24) is 14.5 Å². The highest BCUT2D eigenvalue weighted by Crippen LogP contribution is 2.45. The van der Waals surface area contributed by atoms with Crippen LogP contribution >= 0.6 is 23.2 Å². The summed E-state index contributed by atoms with van der Waals surface area (Å²) in [5.41, 5.74) is 3.90. The molecule has 0 aliphatic carbocycles. The van der Waals surface area contributed by atoms with Crippen LogP contribution in [0, 0.1) is 6.92 Å². The van der Waals surface area contributed by atoms with E-state index in [0.717, 1.165) is 16.7 Å². The first kappa shape index (κ1) is 33.9. The van der Waals surface area contributed by atoms with Crippen LogP contribution in [0.5, 0.6) is 11.5 Å². The molecule has 5 rings (SSSR count). The molecule has 1 amide bonds. The molecule has 10 nitrogen and oxygen atoms in total. The number of amides is 1. The van der Waals surface area contributed by atoms with Crippen LogP contribution in [0.25, 0.3) is 22.2 Å². The third kappa shape index (κ3) is 6.95. The summed E-state index contributed by atoms with van der Waals surface area (Å²) in [5.74, 6) is 0.284. The van der Waals surface area contributed by atoms with Gasteiger partial charge in [0.15, 0.2) is 5.78 Å². The summed E-state index contributed by atoms with van der Waals surface area (Å²) in [6.07, 6.45) is 4.19. The predicted molar refractivity (Wildman–Crippen MR) is 190 cm³/mol. The van der Waals surface area contributed by atoms with Crippen LogP contribution in [0.15, 0.2) is 90.9 Å². The number of carbonyl (C=O) groups is 2. The number of benzene rings is 3. The molecule has 0 aliphatic rings. The smallest absolute Gasteiger partial charge is 0.260 e. The Morgan fingerprint density at radius 2 is 1.67 bits per heavy atom. The number of hydrogen-bond acceptors (Lipinski definition) is 8. The van der Waals surface area contributed by atoms with Crippen molar-refractivity contribution in [2.45, 2.75) is 19.9 Å². The summed E-state index contributed by atoms with van der Waals surface area (Å²) >= 11 is 13.5. The van der Waals surface area contributed by atoms with Gasteiger partial charge in [0.05, 0.1) is 36.4 Å². The third-order valence-corrected chi connectivity index (χ3v) is 8.36. The molecule has 48 heavy (non-hydrogen) atoms. The van der Waals surface area contributed by atoms with E-state index in [9.17, 15) is 14.4 Å². The van der Waals surface area contributed by atoms with Crippen molar-refractivity contribution >= 4 is 63.2 Å². The van der Waals surface area contributed by atoms with Crippen LogP contribution in [0.4, 0.5) is 17.3 Å². The number of aryl methyl sites for hydroxylation is 1. The molecule has 0 radical (unpaired) electrons. The Morgan fingerprint density at radius 1 is 0.979 bits per heavy atom. The Balaban J connectivity index is 1.69. The van der Waals surface area contributed by atoms with E-state index in [1.807, 2.05) is 25.1 Å². The van der Waals surface area contributed by atoms with Crippen molar-refractivity contribution in [3.05, 3.63) is 123 Å². The maximum absolute atomic E-state index is 14.4. The summed E-state index contributed by atoms with van der Waals surface area (Å²) in [5, 5.41) is 6.75. The SMILES string of the molecule is C=CC(=O)Cc1cccc(C)c1Nc1ncc2cc(-c3c(Cl)c(OC)cc(OC)c3Cl)c(=O)n(Cc3ccc(NC(=O)C=C)cc3)c2n1. The number of nitrogens with one attached hydrogen (secondary N) is 2. The number of pyridine rings is 1. The van der Waals surface area contributed by atoms with E-state index in [1.165, 1.54) is 30.9 Å². The third-order valence-electron chi connectivity index (χ3n) is 7.61. The Bertz CT molecular complexity index is 2120. The van der Waals surface area contributed by atoms with Gasteiger partial charge in [0.2, 0.25) is 11.9 Å². The number of ether oxygens (including phenoxy) is 2. The molecule has 0 saturated carbocycles. The van der Waals surface area contributed by atoms with Crippen LogP contribution in [0.3, 0.4) is 0 Å². The van der Waals surface area contributed by atoms with Gasteiger partial charge < -0.3 is 20.1 Å². The fourth-order valence-corrected chi connectivity index (χ4v) is 5.87. The van der Waals surface area contributed by atoms with Gasteiger partial charge in [0.1, 0.15) is 17.1 Å². The average Bonchev–Trinajstić information content (AvgIpc) is 3.08. The molecule has 2 N–H and O–H groups in total. The fourth-order valence-electron chi connectivity index (χ4n) is 5.16. The van der Waals surface area contributed by atoms with Crippen molar-refractivity contribution in [2.75, 3.05) is 24.9 Å². The lowest BCUT2D eigenvalue weighted by molar-refractivity contribution is -0.114. The molecular formula is C36H31Cl2N5O5. The van der Waals surface area contributed by atoms with E-state index < -0.39 is 5.56 Å². The molecule has 2 heterocycles. The molecule has 3 aromatic carbocycles. The van der Waals surface area contributed by atoms with Gasteiger partial charge in [-0.3, -0.25) is 19.0 Å². The van der Waals surface area contributed by atoms with Crippen molar-refractivity contribution in [3.63, 3.8) is 0 Å². The Labute approximate surface area is 286 Å². The van der Waals surface area contributed by atoms with E-state index in [1.54, 1.807) is 42.6 Å². The molecule has 0 saturated heterocycles. The van der Waals surface area contributed by atoms with E-state index >= 15 is 0 Å². The molecule has 244 valence electrons. The first-order valence-corrected chi connectivity index (χ1v) is 15.4. The largest absolute Gasteiger partial charge is 0.495 e. The molecule has 0 fully saturated rings. The molecule has 2 aromatic heterocycles. The number of rotatable bonds is 12. The van der Waals surface area contributed by atoms with Gasteiger partial charge >= 0.3 is 0 Å². The van der Waals surface area contributed by atoms with Gasteiger partial charge in [-0.1, -0.05) is 66.7 Å². The van der Waals surface area contributed by atoms with E-state index in [2.05, 4.69) is 28.8 Å². The summed E-state index contributed by atoms with van der Waals surface area (Å²) in [7, 11) is 2.90. The average molecular weight is 685 g/mol. The first-order valence-electron chi connectivity index (χ1n) is 14.6. The number of methoxy groups -OCH3 is 2. The summed E-state index contributed by atoms with van der Waals surface area (Å²) < 4.78 is 12.4. The molecular weight excluding hydrogens is 653 g/mol. The molecule has 0 bridgehead atoms. The zero-order chi connectivity index (χ0) is 34.5. The number of halogens is 2. The Morgan fingerprint density at radius 3 is 2.29 bits per heavy atom. The minimum absolute atomic E-state index is 0.0924. The van der Waals surface area contributed by atoms with Crippen LogP contribution in [-0.2, 0) is 22.6 Å². The lowest BCUT2D eigenvalue weighted by Gasteiger charge is -2.18. The minimum Gasteiger partial charge on any atom is -0.495 e. The predicted octanol–water partition coefficient (Wildman–Crippen LogP) is 7.30. The van der Waals surface area contributed by atoms with Crippen LogP contribution < -0.4 is 25.7 Å². The second kappa shape index (κ2) is 14.5. The Hall–Kier alpha value is -5.45.